The number of nitrogens with zero attached hydrogens (tertiary/aromatic N) is 2. The third-order valence-electron chi connectivity index (χ3n) is 9.34. The van der Waals surface area contributed by atoms with Crippen molar-refractivity contribution >= 4 is 44.0 Å². The summed E-state index contributed by atoms with van der Waals surface area (Å²) in [7, 11) is 0. The molecule has 10 rings (SSSR count). The summed E-state index contributed by atoms with van der Waals surface area (Å²) in [6.45, 7) is 0. The number of amidine groups is 2. The van der Waals surface area contributed by atoms with Crippen LogP contribution in [0.4, 0.5) is 0 Å². The molecule has 0 saturated carbocycles. The zero-order valence-electron chi connectivity index (χ0n) is 43.4. The predicted octanol–water partition coefficient (Wildman–Crippen LogP) is 12.6. The van der Waals surface area contributed by atoms with E-state index in [1.54, 1.807) is 0 Å². The lowest BCUT2D eigenvalue weighted by Gasteiger charge is -2.23. The van der Waals surface area contributed by atoms with Crippen LogP contribution in [0.15, 0.2) is 210 Å². The molecule has 0 amide bonds. The maximum atomic E-state index is 9.67. The van der Waals surface area contributed by atoms with Crippen molar-refractivity contribution in [2.75, 3.05) is 0 Å². The Bertz CT molecular complexity index is 3670. The number of hydrogen-bond donors (Lipinski definition) is 1. The summed E-state index contributed by atoms with van der Waals surface area (Å²) >= 11 is 0. The summed E-state index contributed by atoms with van der Waals surface area (Å²) in [5.74, 6) is 0.653. The molecule has 3 nitrogen and oxygen atoms in total. The molecule has 0 aliphatic carbocycles. The highest BCUT2D eigenvalue weighted by atomic mass is 15.2. The Kier molecular flexibility index (Phi) is 4.90. The van der Waals surface area contributed by atoms with Gasteiger partial charge >= 0.3 is 0 Å². The summed E-state index contributed by atoms with van der Waals surface area (Å²) < 4.78 is 136. The fourth-order valence-corrected chi connectivity index (χ4v) is 6.66. The Morgan fingerprint density at radius 2 is 0.833 bits per heavy atom. The lowest BCUT2D eigenvalue weighted by molar-refractivity contribution is 0.756. The second-order valence-electron chi connectivity index (χ2n) is 12.6. The van der Waals surface area contributed by atoms with Crippen LogP contribution in [0.3, 0.4) is 0 Å². The van der Waals surface area contributed by atoms with Gasteiger partial charge < -0.3 is 5.32 Å². The van der Waals surface area contributed by atoms with Gasteiger partial charge in [-0.25, -0.2) is 9.98 Å². The molecule has 3 heteroatoms. The van der Waals surface area contributed by atoms with Crippen molar-refractivity contribution in [3.63, 3.8) is 0 Å². The molecule has 9 aromatic carbocycles. The molecule has 0 bridgehead atoms. The van der Waals surface area contributed by atoms with Crippen LogP contribution in [0.1, 0.15) is 43.4 Å². The molecule has 1 heterocycles. The first kappa shape index (κ1) is 19.7. The van der Waals surface area contributed by atoms with Gasteiger partial charge in [-0.15, -0.1) is 0 Å². The number of hydrogen-bond acceptors (Lipinski definition) is 3. The van der Waals surface area contributed by atoms with E-state index in [0.29, 0.717) is 22.8 Å². The monoisotopic (exact) mass is 704 g/mol. The summed E-state index contributed by atoms with van der Waals surface area (Å²) in [5, 5.41) is 1.19. The Hall–Kier alpha value is -7.10. The van der Waals surface area contributed by atoms with E-state index in [9.17, 15) is 9.60 Å². The van der Waals surface area contributed by atoms with Gasteiger partial charge in [-0.2, -0.15) is 0 Å². The normalized spacial score (nSPS) is 18.0. The lowest BCUT2D eigenvalue weighted by atomic mass is 9.92. The van der Waals surface area contributed by atoms with Gasteiger partial charge in [-0.3, -0.25) is 0 Å². The third-order valence-corrected chi connectivity index (χ3v) is 9.34. The topological polar surface area (TPSA) is 36.8 Å². The fourth-order valence-electron chi connectivity index (χ4n) is 6.66. The fraction of sp³-hybridized carbons (Fsp3) is 0.0196. The maximum Gasteiger partial charge on any atom is 0.169 e. The van der Waals surface area contributed by atoms with Crippen molar-refractivity contribution in [2.24, 2.45) is 9.98 Å². The van der Waals surface area contributed by atoms with E-state index in [1.165, 1.54) is 0 Å². The van der Waals surface area contributed by atoms with Crippen LogP contribution in [0.5, 0.6) is 0 Å². The van der Waals surface area contributed by atoms with Crippen LogP contribution >= 0.6 is 0 Å². The van der Waals surface area contributed by atoms with Crippen LogP contribution in [-0.4, -0.2) is 11.7 Å². The summed E-state index contributed by atoms with van der Waals surface area (Å²) in [4.78, 5) is 9.77. The molecular formula is C51H35N3. The van der Waals surface area contributed by atoms with E-state index in [0.717, 1.165) is 22.3 Å². The lowest BCUT2D eigenvalue weighted by Crippen LogP contribution is -2.36. The van der Waals surface area contributed by atoms with Crippen molar-refractivity contribution in [3.8, 4) is 33.4 Å². The van der Waals surface area contributed by atoms with Gasteiger partial charge in [0.2, 0.25) is 0 Å². The van der Waals surface area contributed by atoms with Crippen LogP contribution in [0, 0.1) is 0 Å². The molecule has 1 unspecified atom stereocenters. The molecule has 0 fully saturated rings. The third kappa shape index (κ3) is 5.82. The molecule has 1 atom stereocenters. The Labute approximate surface area is 335 Å². The zero-order valence-corrected chi connectivity index (χ0v) is 28.4. The smallest absolute Gasteiger partial charge is 0.169 e. The molecule has 54 heavy (non-hydrogen) atoms. The Morgan fingerprint density at radius 3 is 1.46 bits per heavy atom. The van der Waals surface area contributed by atoms with E-state index in [2.05, 4.69) is 5.32 Å². The second kappa shape index (κ2) is 13.5. The van der Waals surface area contributed by atoms with Gasteiger partial charge in [0, 0.05) is 11.1 Å². The minimum atomic E-state index is -1.36. The minimum Gasteiger partial charge on any atom is -0.324 e. The molecular weight excluding hydrogens is 655 g/mol. The summed E-state index contributed by atoms with van der Waals surface area (Å²) in [6.07, 6.45) is -1.36. The van der Waals surface area contributed by atoms with E-state index in [4.69, 9.17) is 21.0 Å². The standard InChI is InChI=1S/C51H35N3/c1-3-12-34(13-4-1)36-22-26-38(27-23-36)49-52-50(54-51(53-49)42-17-11-16-40(32-42)35-14-5-2-6-15-35)39-28-24-37(25-29-39)41-30-31-47-45-20-8-7-18-43(45)44-19-9-10-21-46(44)48(47)33-41/h1-33,50H,(H,52,53,54)/i7D,8D,9D,10D,18D,19D,20D,21D,24D,25D,28D,29D,30D,31D,33D. The molecule has 9 aromatic rings. The predicted molar refractivity (Wildman–Crippen MR) is 227 cm³/mol. The van der Waals surface area contributed by atoms with Gasteiger partial charge in [-0.1, -0.05) is 188 Å². The van der Waals surface area contributed by atoms with Gasteiger partial charge in [0.25, 0.3) is 0 Å². The van der Waals surface area contributed by atoms with Gasteiger partial charge in [0.15, 0.2) is 6.17 Å². The second-order valence-corrected chi connectivity index (χ2v) is 12.6. The van der Waals surface area contributed by atoms with Crippen molar-refractivity contribution in [2.45, 2.75) is 6.17 Å². The number of fused-ring (bicyclic) bond motifs is 6. The highest BCUT2D eigenvalue weighted by molar-refractivity contribution is 6.25. The number of benzene rings is 9. The highest BCUT2D eigenvalue weighted by Crippen LogP contribution is 2.37. The molecule has 0 saturated heterocycles. The van der Waals surface area contributed by atoms with Crippen LogP contribution < -0.4 is 5.32 Å². The molecule has 1 N–H and O–H groups in total. The average Bonchev–Trinajstić information content (AvgIpc) is 3.37. The van der Waals surface area contributed by atoms with E-state index in [-0.39, 0.29) is 37.9 Å². The number of aliphatic imine (C=N–C) groups is 2. The average molecular weight is 705 g/mol. The van der Waals surface area contributed by atoms with Gasteiger partial charge in [0.05, 0.1) is 20.6 Å². The zero-order chi connectivity index (χ0) is 48.9. The first-order chi connectivity index (χ1) is 33.0. The van der Waals surface area contributed by atoms with Gasteiger partial charge in [0.1, 0.15) is 11.7 Å². The van der Waals surface area contributed by atoms with Crippen molar-refractivity contribution in [1.82, 2.24) is 5.32 Å². The Balaban J connectivity index is 1.21. The number of rotatable bonds is 6. The van der Waals surface area contributed by atoms with Crippen LogP contribution in [0.2, 0.25) is 0 Å². The van der Waals surface area contributed by atoms with Crippen LogP contribution in [-0.2, 0) is 0 Å². The SMILES string of the molecule is [2H]c1c([2H])c(C2N=C(c3ccc(-c4ccccc4)cc3)NC(c3cccc(-c4ccccc4)c3)=N2)c([2H])c([2H])c1-c1c([2H])c([2H])c2c3c([2H])c([2H])c([2H])c([2H])c3c3c([2H])c([2H])c([2H])c([2H])c3c2c1[2H]. The molecule has 1 aliphatic heterocycles. The first-order valence-corrected chi connectivity index (χ1v) is 17.2. The quantitative estimate of drug-likeness (QED) is 0.172. The van der Waals surface area contributed by atoms with E-state index in [1.807, 2.05) is 109 Å². The Morgan fingerprint density at radius 1 is 0.370 bits per heavy atom. The molecule has 0 spiro atoms. The minimum absolute atomic E-state index is 0.225. The largest absolute Gasteiger partial charge is 0.324 e. The van der Waals surface area contributed by atoms with E-state index < -0.39 is 108 Å². The van der Waals surface area contributed by atoms with E-state index >= 15 is 0 Å². The highest BCUT2D eigenvalue weighted by Gasteiger charge is 2.21. The molecule has 1 aliphatic rings. The first-order valence-electron chi connectivity index (χ1n) is 24.7. The maximum absolute atomic E-state index is 9.67. The van der Waals surface area contributed by atoms with Crippen molar-refractivity contribution in [1.29, 1.82) is 0 Å². The van der Waals surface area contributed by atoms with Gasteiger partial charge in [-0.05, 0) is 83.4 Å². The molecule has 0 radical (unpaired) electrons. The summed E-state index contributed by atoms with van der Waals surface area (Å²) in [5.41, 5.74) is 3.74. The van der Waals surface area contributed by atoms with Crippen molar-refractivity contribution in [3.05, 3.63) is 217 Å². The van der Waals surface area contributed by atoms with Crippen LogP contribution in [0.25, 0.3) is 65.7 Å². The summed E-state index contributed by atoms with van der Waals surface area (Å²) in [6, 6.07) is 24.4. The molecule has 0 aromatic heterocycles. The molecule has 254 valence electrons. The van der Waals surface area contributed by atoms with Crippen molar-refractivity contribution < 1.29 is 20.6 Å². The number of nitrogens with one attached hydrogen (secondary N) is 1.